The van der Waals surface area contributed by atoms with Gasteiger partial charge in [-0.3, -0.25) is 4.74 Å². The van der Waals surface area contributed by atoms with Gasteiger partial charge in [0.15, 0.2) is 12.2 Å². The van der Waals surface area contributed by atoms with Gasteiger partial charge in [0.2, 0.25) is 0 Å². The summed E-state index contributed by atoms with van der Waals surface area (Å²) in [4.78, 5) is 0. The Bertz CT molecular complexity index is 364. The molecule has 0 aliphatic heterocycles. The molecule has 0 saturated carbocycles. The molecule has 0 aromatic carbocycles. The van der Waals surface area contributed by atoms with Crippen molar-refractivity contribution in [3.8, 4) is 0 Å². The fourth-order valence-corrected chi connectivity index (χ4v) is 1.69. The molecule has 0 spiro atoms. The Kier molecular flexibility index (Phi) is 11.4. The standard InChI is InChI=1S/C12H16F10O3.Sn/c1-3-23-7(5-9(13,14)15)11(19,20)25-12(21,22)8(24-4-2)6-10(16,17)18;/h7-8H,3-6H2,1-2H3;. The van der Waals surface area contributed by atoms with Crippen LogP contribution < -0.4 is 0 Å². The molecule has 0 amide bonds. The molecule has 3 nitrogen and oxygen atoms in total. The molecular formula is C12H16F10O3Sn. The molecule has 2 unspecified atom stereocenters. The van der Waals surface area contributed by atoms with E-state index in [9.17, 15) is 43.9 Å². The minimum atomic E-state index is -5.23. The minimum absolute atomic E-state index is 0. The Balaban J connectivity index is 0. The van der Waals surface area contributed by atoms with Crippen LogP contribution in [-0.4, -0.2) is 73.9 Å². The van der Waals surface area contributed by atoms with Gasteiger partial charge >= 0.3 is 24.6 Å². The zero-order valence-corrected chi connectivity index (χ0v) is 16.3. The van der Waals surface area contributed by atoms with E-state index in [4.69, 9.17) is 0 Å². The minimum Gasteiger partial charge on any atom is -0.369 e. The van der Waals surface area contributed by atoms with Gasteiger partial charge in [-0.05, 0) is 13.8 Å². The number of alkyl halides is 10. The maximum atomic E-state index is 13.7. The quantitative estimate of drug-likeness (QED) is 0.316. The van der Waals surface area contributed by atoms with Crippen LogP contribution in [0, 0.1) is 0 Å². The van der Waals surface area contributed by atoms with Crippen molar-refractivity contribution in [2.75, 3.05) is 13.2 Å². The van der Waals surface area contributed by atoms with Crippen LogP contribution in [0.25, 0.3) is 0 Å². The summed E-state index contributed by atoms with van der Waals surface area (Å²) in [7, 11) is 0. The molecular weight excluding hydrogens is 501 g/mol. The number of rotatable bonds is 10. The van der Waals surface area contributed by atoms with Crippen LogP contribution in [0.15, 0.2) is 0 Å². The number of ether oxygens (including phenoxy) is 3. The van der Waals surface area contributed by atoms with E-state index in [1.165, 1.54) is 0 Å². The molecule has 0 aliphatic carbocycles. The van der Waals surface area contributed by atoms with Crippen molar-refractivity contribution in [2.24, 2.45) is 0 Å². The normalized spacial score (nSPS) is 16.2. The molecule has 0 aromatic rings. The summed E-state index contributed by atoms with van der Waals surface area (Å²) >= 11 is 0. The van der Waals surface area contributed by atoms with Crippen molar-refractivity contribution in [3.63, 3.8) is 0 Å². The van der Waals surface area contributed by atoms with Crippen LogP contribution >= 0.6 is 0 Å². The first-order chi connectivity index (χ1) is 11.0. The maximum Gasteiger partial charge on any atom is 0.391 e. The average Bonchev–Trinajstić information content (AvgIpc) is 2.33. The first-order valence-electron chi connectivity index (χ1n) is 6.86. The molecule has 26 heavy (non-hydrogen) atoms. The predicted octanol–water partition coefficient (Wildman–Crippen LogP) is 4.52. The van der Waals surface area contributed by atoms with Gasteiger partial charge in [0.05, 0.1) is 12.8 Å². The first-order valence-corrected chi connectivity index (χ1v) is 6.86. The fourth-order valence-electron chi connectivity index (χ4n) is 1.69. The zero-order valence-electron chi connectivity index (χ0n) is 13.5. The summed E-state index contributed by atoms with van der Waals surface area (Å²) in [5.74, 6) is 0. The zero-order chi connectivity index (χ0) is 20.1. The van der Waals surface area contributed by atoms with E-state index < -0.39 is 62.8 Å². The molecule has 4 radical (unpaired) electrons. The van der Waals surface area contributed by atoms with Crippen LogP contribution in [-0.2, 0) is 14.2 Å². The monoisotopic (exact) mass is 518 g/mol. The molecule has 14 heteroatoms. The second-order valence-electron chi connectivity index (χ2n) is 4.75. The summed E-state index contributed by atoms with van der Waals surface area (Å²) in [5, 5.41) is 0. The van der Waals surface area contributed by atoms with E-state index in [0.717, 1.165) is 13.8 Å². The third kappa shape index (κ3) is 11.0. The van der Waals surface area contributed by atoms with Gasteiger partial charge in [0.25, 0.3) is 0 Å². The molecule has 0 rings (SSSR count). The van der Waals surface area contributed by atoms with Gasteiger partial charge in [0, 0.05) is 37.1 Å². The summed E-state index contributed by atoms with van der Waals surface area (Å²) in [6, 6.07) is 0. The van der Waals surface area contributed by atoms with Crippen molar-refractivity contribution >= 4 is 23.9 Å². The largest absolute Gasteiger partial charge is 0.391 e. The molecule has 0 aliphatic rings. The van der Waals surface area contributed by atoms with Gasteiger partial charge < -0.3 is 9.47 Å². The second kappa shape index (κ2) is 10.5. The maximum absolute atomic E-state index is 13.7. The summed E-state index contributed by atoms with van der Waals surface area (Å²) in [5.41, 5.74) is 0. The molecule has 0 saturated heterocycles. The summed E-state index contributed by atoms with van der Waals surface area (Å²) < 4.78 is 139. The smallest absolute Gasteiger partial charge is 0.369 e. The molecule has 0 heterocycles. The fraction of sp³-hybridized carbons (Fsp3) is 1.00. The van der Waals surface area contributed by atoms with Crippen molar-refractivity contribution in [1.29, 1.82) is 0 Å². The number of hydrogen-bond acceptors (Lipinski definition) is 3. The van der Waals surface area contributed by atoms with Crippen LogP contribution in [0.3, 0.4) is 0 Å². The van der Waals surface area contributed by atoms with E-state index >= 15 is 0 Å². The molecule has 2 atom stereocenters. The van der Waals surface area contributed by atoms with Gasteiger partial charge in [-0.15, -0.1) is 0 Å². The summed E-state index contributed by atoms with van der Waals surface area (Å²) in [6.07, 6.45) is -31.9. The average molecular weight is 517 g/mol. The Morgan fingerprint density at radius 1 is 0.615 bits per heavy atom. The molecule has 156 valence electrons. The number of halogens is 10. The van der Waals surface area contributed by atoms with Crippen LogP contribution in [0.4, 0.5) is 43.9 Å². The van der Waals surface area contributed by atoms with E-state index in [1.807, 2.05) is 0 Å². The van der Waals surface area contributed by atoms with Gasteiger partial charge in [-0.2, -0.15) is 43.9 Å². The molecule has 0 aromatic heterocycles. The molecule has 0 N–H and O–H groups in total. The topological polar surface area (TPSA) is 27.7 Å². The van der Waals surface area contributed by atoms with Crippen molar-refractivity contribution < 1.29 is 58.1 Å². The third-order valence-corrected chi connectivity index (χ3v) is 2.59. The van der Waals surface area contributed by atoms with Crippen LogP contribution in [0.5, 0.6) is 0 Å². The number of hydrogen-bond donors (Lipinski definition) is 0. The van der Waals surface area contributed by atoms with Crippen LogP contribution in [0.1, 0.15) is 26.7 Å². The summed E-state index contributed by atoms with van der Waals surface area (Å²) in [6.45, 7) is 0.625. The molecule has 0 bridgehead atoms. The van der Waals surface area contributed by atoms with Crippen LogP contribution in [0.2, 0.25) is 0 Å². The van der Waals surface area contributed by atoms with Crippen molar-refractivity contribution in [2.45, 2.75) is 63.5 Å². The SMILES string of the molecule is CCOC(CC(F)(F)F)C(F)(F)OC(F)(F)C(CC(F)(F)F)OCC.[Sn]. The van der Waals surface area contributed by atoms with E-state index in [0.29, 0.717) is 0 Å². The Labute approximate surface area is 159 Å². The predicted molar refractivity (Wildman–Crippen MR) is 68.9 cm³/mol. The molecule has 0 fully saturated rings. The Morgan fingerprint density at radius 2 is 0.885 bits per heavy atom. The van der Waals surface area contributed by atoms with E-state index in [1.54, 1.807) is 0 Å². The Hall–Kier alpha value is -0.0213. The van der Waals surface area contributed by atoms with Gasteiger partial charge in [0.1, 0.15) is 0 Å². The Morgan fingerprint density at radius 3 is 1.08 bits per heavy atom. The van der Waals surface area contributed by atoms with Gasteiger partial charge in [-0.1, -0.05) is 0 Å². The van der Waals surface area contributed by atoms with Crippen molar-refractivity contribution in [3.05, 3.63) is 0 Å². The second-order valence-corrected chi connectivity index (χ2v) is 4.75. The third-order valence-electron chi connectivity index (χ3n) is 2.59. The van der Waals surface area contributed by atoms with E-state index in [2.05, 4.69) is 14.2 Å². The van der Waals surface area contributed by atoms with Gasteiger partial charge in [-0.25, -0.2) is 0 Å². The first kappa shape index (κ1) is 28.2. The van der Waals surface area contributed by atoms with Crippen molar-refractivity contribution in [1.82, 2.24) is 0 Å². The van der Waals surface area contributed by atoms with E-state index in [-0.39, 0.29) is 23.9 Å².